The molecule has 0 aliphatic rings. The van der Waals surface area contributed by atoms with Crippen LogP contribution >= 0.6 is 0 Å². The van der Waals surface area contributed by atoms with Crippen molar-refractivity contribution in [1.82, 2.24) is 4.90 Å². The summed E-state index contributed by atoms with van der Waals surface area (Å²) in [6, 6.07) is 3.50. The summed E-state index contributed by atoms with van der Waals surface area (Å²) in [4.78, 5) is 1.88. The van der Waals surface area contributed by atoms with Crippen molar-refractivity contribution in [3.8, 4) is 0 Å². The summed E-state index contributed by atoms with van der Waals surface area (Å²) >= 11 is 0. The van der Waals surface area contributed by atoms with E-state index in [4.69, 9.17) is 0 Å². The van der Waals surface area contributed by atoms with Gasteiger partial charge in [0.25, 0.3) is 0 Å². The molecule has 0 spiro atoms. The highest BCUT2D eigenvalue weighted by Crippen LogP contribution is 2.34. The monoisotopic (exact) mass is 249 g/mol. The number of aryl methyl sites for hydroxylation is 1. The average Bonchev–Trinajstić information content (AvgIpc) is 2.14. The number of hydrogen-bond donors (Lipinski definition) is 0. The van der Waals surface area contributed by atoms with Gasteiger partial charge in [-0.1, -0.05) is 12.1 Å². The van der Waals surface area contributed by atoms with Gasteiger partial charge in [0, 0.05) is 0 Å². The fourth-order valence-corrected chi connectivity index (χ4v) is 1.68. The van der Waals surface area contributed by atoms with Gasteiger partial charge in [0.1, 0.15) is 5.82 Å². The molecular weight excluding hydrogens is 234 g/mol. The van der Waals surface area contributed by atoms with Gasteiger partial charge in [-0.25, -0.2) is 4.39 Å². The van der Waals surface area contributed by atoms with Crippen molar-refractivity contribution in [1.29, 1.82) is 0 Å². The van der Waals surface area contributed by atoms with Crippen molar-refractivity contribution in [3.05, 3.63) is 35.1 Å². The molecular formula is C12H15F4N. The molecule has 0 atom stereocenters. The molecule has 17 heavy (non-hydrogen) atoms. The van der Waals surface area contributed by atoms with Crippen LogP contribution in [0.5, 0.6) is 0 Å². The molecule has 0 aliphatic heterocycles. The highest BCUT2D eigenvalue weighted by atomic mass is 19.4. The van der Waals surface area contributed by atoms with Crippen LogP contribution in [-0.2, 0) is 12.6 Å². The first-order valence-corrected chi connectivity index (χ1v) is 5.31. The smallest absolute Gasteiger partial charge is 0.309 e. The van der Waals surface area contributed by atoms with E-state index in [0.717, 1.165) is 6.07 Å². The zero-order valence-corrected chi connectivity index (χ0v) is 9.81. The van der Waals surface area contributed by atoms with E-state index in [0.29, 0.717) is 13.0 Å². The first-order chi connectivity index (χ1) is 7.82. The van der Waals surface area contributed by atoms with Gasteiger partial charge in [0.15, 0.2) is 0 Å². The van der Waals surface area contributed by atoms with Crippen molar-refractivity contribution in [3.63, 3.8) is 0 Å². The molecule has 0 bridgehead atoms. The summed E-state index contributed by atoms with van der Waals surface area (Å²) in [6.45, 7) is 0.674. The minimum Gasteiger partial charge on any atom is -0.309 e. The van der Waals surface area contributed by atoms with Crippen LogP contribution < -0.4 is 0 Å². The molecule has 0 N–H and O–H groups in total. The van der Waals surface area contributed by atoms with Crippen LogP contribution in [0, 0.1) is 5.82 Å². The summed E-state index contributed by atoms with van der Waals surface area (Å²) < 4.78 is 51.1. The Kier molecular flexibility index (Phi) is 4.51. The van der Waals surface area contributed by atoms with E-state index in [-0.39, 0.29) is 12.0 Å². The lowest BCUT2D eigenvalue weighted by Gasteiger charge is -2.14. The predicted molar refractivity (Wildman–Crippen MR) is 58.3 cm³/mol. The van der Waals surface area contributed by atoms with Gasteiger partial charge in [0.2, 0.25) is 0 Å². The van der Waals surface area contributed by atoms with Crippen LogP contribution in [0.25, 0.3) is 0 Å². The Hall–Kier alpha value is -1.10. The number of benzene rings is 1. The minimum atomic E-state index is -4.63. The van der Waals surface area contributed by atoms with E-state index in [1.807, 2.05) is 19.0 Å². The lowest BCUT2D eigenvalue weighted by molar-refractivity contribution is -0.140. The second-order valence-electron chi connectivity index (χ2n) is 4.18. The molecule has 0 aromatic heterocycles. The van der Waals surface area contributed by atoms with Crippen molar-refractivity contribution in [2.24, 2.45) is 0 Å². The Morgan fingerprint density at radius 1 is 1.18 bits per heavy atom. The van der Waals surface area contributed by atoms with Gasteiger partial charge < -0.3 is 4.90 Å². The molecule has 1 aromatic rings. The van der Waals surface area contributed by atoms with Crippen molar-refractivity contribution < 1.29 is 17.6 Å². The third kappa shape index (κ3) is 4.00. The number of halogens is 4. The fourth-order valence-electron chi connectivity index (χ4n) is 1.68. The van der Waals surface area contributed by atoms with Gasteiger partial charge in [-0.15, -0.1) is 0 Å². The zero-order valence-electron chi connectivity index (χ0n) is 9.81. The van der Waals surface area contributed by atoms with Gasteiger partial charge in [0.05, 0.1) is 5.56 Å². The zero-order chi connectivity index (χ0) is 13.1. The lowest BCUT2D eigenvalue weighted by Crippen LogP contribution is -2.16. The maximum Gasteiger partial charge on any atom is 0.419 e. The number of nitrogens with zero attached hydrogens (tertiary/aromatic N) is 1. The number of hydrogen-bond acceptors (Lipinski definition) is 1. The number of alkyl halides is 3. The van der Waals surface area contributed by atoms with E-state index < -0.39 is 17.6 Å². The Labute approximate surface area is 98.0 Å². The van der Waals surface area contributed by atoms with Gasteiger partial charge in [-0.3, -0.25) is 0 Å². The molecule has 0 amide bonds. The predicted octanol–water partition coefficient (Wildman–Crippen LogP) is 3.34. The molecule has 1 nitrogen and oxygen atoms in total. The van der Waals surface area contributed by atoms with E-state index in [9.17, 15) is 17.6 Å². The molecule has 0 unspecified atom stereocenters. The van der Waals surface area contributed by atoms with Crippen LogP contribution in [0.2, 0.25) is 0 Å². The van der Waals surface area contributed by atoms with Crippen molar-refractivity contribution in [2.45, 2.75) is 19.0 Å². The van der Waals surface area contributed by atoms with Gasteiger partial charge in [-0.05, 0) is 45.1 Å². The van der Waals surface area contributed by atoms with E-state index in [1.54, 1.807) is 0 Å². The molecule has 5 heteroatoms. The van der Waals surface area contributed by atoms with Crippen molar-refractivity contribution in [2.75, 3.05) is 20.6 Å². The van der Waals surface area contributed by atoms with E-state index >= 15 is 0 Å². The number of rotatable bonds is 4. The normalized spacial score (nSPS) is 12.2. The Balaban J connectivity index is 2.88. The van der Waals surface area contributed by atoms with E-state index in [1.165, 1.54) is 12.1 Å². The maximum absolute atomic E-state index is 13.2. The maximum atomic E-state index is 13.2. The van der Waals surface area contributed by atoms with Crippen LogP contribution in [0.1, 0.15) is 17.5 Å². The van der Waals surface area contributed by atoms with Gasteiger partial charge >= 0.3 is 6.18 Å². The molecule has 1 rings (SSSR count). The second kappa shape index (κ2) is 5.49. The second-order valence-corrected chi connectivity index (χ2v) is 4.18. The quantitative estimate of drug-likeness (QED) is 0.740. The van der Waals surface area contributed by atoms with Crippen LogP contribution in [0.3, 0.4) is 0 Å². The summed E-state index contributed by atoms with van der Waals surface area (Å²) in [7, 11) is 3.69. The SMILES string of the molecule is CN(C)CCCc1cccc(F)c1C(F)(F)F. The third-order valence-corrected chi connectivity index (χ3v) is 2.43. The summed E-state index contributed by atoms with van der Waals surface area (Å²) in [6.07, 6.45) is -3.83. The molecule has 0 saturated heterocycles. The first-order valence-electron chi connectivity index (χ1n) is 5.31. The van der Waals surface area contributed by atoms with Crippen molar-refractivity contribution >= 4 is 0 Å². The first kappa shape index (κ1) is 14.0. The molecule has 0 saturated carbocycles. The van der Waals surface area contributed by atoms with Crippen LogP contribution in [0.4, 0.5) is 17.6 Å². The largest absolute Gasteiger partial charge is 0.419 e. The Bertz CT molecular complexity index is 371. The molecule has 0 radical (unpaired) electrons. The topological polar surface area (TPSA) is 3.24 Å². The van der Waals surface area contributed by atoms with Gasteiger partial charge in [-0.2, -0.15) is 13.2 Å². The molecule has 96 valence electrons. The van der Waals surface area contributed by atoms with Crippen LogP contribution in [0.15, 0.2) is 18.2 Å². The summed E-state index contributed by atoms with van der Waals surface area (Å²) in [5.74, 6) is -1.19. The molecule has 1 aromatic carbocycles. The fraction of sp³-hybridized carbons (Fsp3) is 0.500. The third-order valence-electron chi connectivity index (χ3n) is 2.43. The summed E-state index contributed by atoms with van der Waals surface area (Å²) in [5.41, 5.74) is -1.10. The Morgan fingerprint density at radius 2 is 1.82 bits per heavy atom. The summed E-state index contributed by atoms with van der Waals surface area (Å²) in [5, 5.41) is 0. The lowest BCUT2D eigenvalue weighted by atomic mass is 10.0. The van der Waals surface area contributed by atoms with Crippen LogP contribution in [-0.4, -0.2) is 25.5 Å². The molecule has 0 heterocycles. The highest BCUT2D eigenvalue weighted by molar-refractivity contribution is 5.31. The Morgan fingerprint density at radius 3 is 2.35 bits per heavy atom. The molecule has 0 fully saturated rings. The molecule has 0 aliphatic carbocycles. The standard InChI is InChI=1S/C12H15F4N/c1-17(2)8-4-6-9-5-3-7-10(13)11(9)12(14,15)16/h3,5,7H,4,6,8H2,1-2H3. The minimum absolute atomic E-state index is 0.0272. The average molecular weight is 249 g/mol. The highest BCUT2D eigenvalue weighted by Gasteiger charge is 2.36. The van der Waals surface area contributed by atoms with E-state index in [2.05, 4.69) is 0 Å².